The number of methoxy groups -OCH3 is 1. The fourth-order valence-corrected chi connectivity index (χ4v) is 2.96. The molecule has 6 nitrogen and oxygen atoms in total. The number of nitrogens with zero attached hydrogens (tertiary/aromatic N) is 1. The Hall–Kier alpha value is -1.15. The number of benzene rings is 1. The zero-order valence-corrected chi connectivity index (χ0v) is 14.0. The van der Waals surface area contributed by atoms with Crippen molar-refractivity contribution >= 4 is 10.0 Å². The summed E-state index contributed by atoms with van der Waals surface area (Å²) in [5, 5.41) is 9.16. The van der Waals surface area contributed by atoms with E-state index in [0.717, 1.165) is 0 Å². The molecule has 0 unspecified atom stereocenters. The van der Waals surface area contributed by atoms with Crippen LogP contribution in [0.2, 0.25) is 0 Å². The van der Waals surface area contributed by atoms with E-state index in [-0.39, 0.29) is 29.3 Å². The van der Waals surface area contributed by atoms with Gasteiger partial charge < -0.3 is 14.7 Å². The second kappa shape index (κ2) is 6.74. The molecule has 0 saturated heterocycles. The Morgan fingerprint density at radius 3 is 2.43 bits per heavy atom. The van der Waals surface area contributed by atoms with E-state index >= 15 is 0 Å². The monoisotopic (exact) mass is 316 g/mol. The van der Waals surface area contributed by atoms with Crippen molar-refractivity contribution in [2.75, 3.05) is 27.7 Å². The minimum atomic E-state index is -3.72. The number of hydrogen-bond donors (Lipinski definition) is 2. The molecule has 0 bridgehead atoms. The highest BCUT2D eigenvalue weighted by Crippen LogP contribution is 2.25. The summed E-state index contributed by atoms with van der Waals surface area (Å²) >= 11 is 0. The quantitative estimate of drug-likeness (QED) is 0.778. The second-order valence-electron chi connectivity index (χ2n) is 5.67. The lowest BCUT2D eigenvalue weighted by Crippen LogP contribution is -2.48. The molecule has 0 aliphatic heterocycles. The Morgan fingerprint density at radius 2 is 1.95 bits per heavy atom. The summed E-state index contributed by atoms with van der Waals surface area (Å²) < 4.78 is 32.6. The van der Waals surface area contributed by atoms with E-state index in [4.69, 9.17) is 9.84 Å². The average Bonchev–Trinajstić information content (AvgIpc) is 2.44. The van der Waals surface area contributed by atoms with Crippen LogP contribution in [0.4, 0.5) is 0 Å². The van der Waals surface area contributed by atoms with E-state index in [9.17, 15) is 8.42 Å². The number of rotatable bonds is 7. The van der Waals surface area contributed by atoms with Crippen LogP contribution in [0.3, 0.4) is 0 Å². The van der Waals surface area contributed by atoms with Gasteiger partial charge in [-0.1, -0.05) is 6.07 Å². The summed E-state index contributed by atoms with van der Waals surface area (Å²) in [5.41, 5.74) is 0.192. The molecule has 0 aliphatic rings. The van der Waals surface area contributed by atoms with Crippen molar-refractivity contribution in [2.24, 2.45) is 0 Å². The summed E-state index contributed by atoms with van der Waals surface area (Å²) in [6.07, 6.45) is 0. The minimum absolute atomic E-state index is 0.0334. The van der Waals surface area contributed by atoms with Crippen LogP contribution in [0, 0.1) is 0 Å². The zero-order valence-electron chi connectivity index (χ0n) is 13.2. The van der Waals surface area contributed by atoms with Gasteiger partial charge in [-0.3, -0.25) is 0 Å². The summed E-state index contributed by atoms with van der Waals surface area (Å²) in [7, 11) is 1.48. The van der Waals surface area contributed by atoms with Crippen LogP contribution in [0.15, 0.2) is 23.1 Å². The first-order valence-electron chi connectivity index (χ1n) is 6.59. The molecule has 21 heavy (non-hydrogen) atoms. The summed E-state index contributed by atoms with van der Waals surface area (Å²) in [6.45, 7) is 3.92. The molecule has 0 spiro atoms. The first-order valence-corrected chi connectivity index (χ1v) is 8.07. The highest BCUT2D eigenvalue weighted by molar-refractivity contribution is 7.89. The lowest BCUT2D eigenvalue weighted by atomic mass is 10.1. The third kappa shape index (κ3) is 4.41. The van der Waals surface area contributed by atoms with Gasteiger partial charge in [-0.15, -0.1) is 0 Å². The maximum atomic E-state index is 12.5. The van der Waals surface area contributed by atoms with Crippen LogP contribution in [0.1, 0.15) is 19.4 Å². The van der Waals surface area contributed by atoms with Crippen molar-refractivity contribution in [1.82, 2.24) is 9.62 Å². The number of aliphatic hydroxyl groups is 1. The zero-order chi connectivity index (χ0) is 16.3. The molecule has 0 radical (unpaired) electrons. The average molecular weight is 316 g/mol. The standard InChI is InChI=1S/C14H24N2O4S/c1-14(2,16(3)4)10-15-21(18,19)13-8-11(9-17)6-7-12(13)20-5/h6-8,15,17H,9-10H2,1-5H3. The molecular weight excluding hydrogens is 292 g/mol. The normalized spacial score (nSPS) is 12.7. The van der Waals surface area contributed by atoms with E-state index in [2.05, 4.69) is 4.72 Å². The molecule has 0 saturated carbocycles. The fraction of sp³-hybridized carbons (Fsp3) is 0.571. The third-order valence-electron chi connectivity index (χ3n) is 3.61. The Balaban J connectivity index is 3.08. The van der Waals surface area contributed by atoms with Gasteiger partial charge in [0.2, 0.25) is 10.0 Å². The fourth-order valence-electron chi connectivity index (χ4n) is 1.54. The second-order valence-corrected chi connectivity index (χ2v) is 7.41. The molecule has 1 aromatic carbocycles. The van der Waals surface area contributed by atoms with Gasteiger partial charge in [-0.05, 0) is 45.6 Å². The summed E-state index contributed by atoms with van der Waals surface area (Å²) in [5.74, 6) is 0.252. The highest BCUT2D eigenvalue weighted by Gasteiger charge is 2.26. The van der Waals surface area contributed by atoms with Crippen molar-refractivity contribution in [2.45, 2.75) is 30.9 Å². The van der Waals surface area contributed by atoms with Crippen LogP contribution in [-0.4, -0.2) is 51.7 Å². The molecule has 1 rings (SSSR count). The van der Waals surface area contributed by atoms with Gasteiger partial charge in [-0.25, -0.2) is 13.1 Å². The van der Waals surface area contributed by atoms with Gasteiger partial charge >= 0.3 is 0 Å². The van der Waals surface area contributed by atoms with Crippen LogP contribution >= 0.6 is 0 Å². The highest BCUT2D eigenvalue weighted by atomic mass is 32.2. The number of nitrogens with one attached hydrogen (secondary N) is 1. The molecule has 7 heteroatoms. The Morgan fingerprint density at radius 1 is 1.33 bits per heavy atom. The largest absolute Gasteiger partial charge is 0.495 e. The first-order chi connectivity index (χ1) is 9.64. The molecule has 0 atom stereocenters. The smallest absolute Gasteiger partial charge is 0.244 e. The summed E-state index contributed by atoms with van der Waals surface area (Å²) in [6, 6.07) is 4.59. The van der Waals surface area contributed by atoms with E-state index in [1.54, 1.807) is 6.07 Å². The van der Waals surface area contributed by atoms with Crippen molar-refractivity contribution < 1.29 is 18.3 Å². The van der Waals surface area contributed by atoms with Crippen LogP contribution in [0.5, 0.6) is 5.75 Å². The molecule has 0 heterocycles. The minimum Gasteiger partial charge on any atom is -0.495 e. The van der Waals surface area contributed by atoms with Gasteiger partial charge in [-0.2, -0.15) is 0 Å². The Labute approximate surface area is 126 Å². The van der Waals surface area contributed by atoms with Gasteiger partial charge in [0.25, 0.3) is 0 Å². The predicted molar refractivity (Wildman–Crippen MR) is 81.9 cm³/mol. The molecule has 0 fully saturated rings. The topological polar surface area (TPSA) is 78.9 Å². The molecule has 1 aromatic rings. The van der Waals surface area contributed by atoms with E-state index in [1.807, 2.05) is 32.8 Å². The molecule has 0 amide bonds. The number of hydrogen-bond acceptors (Lipinski definition) is 5. The van der Waals surface area contributed by atoms with E-state index < -0.39 is 10.0 Å². The van der Waals surface area contributed by atoms with Gasteiger partial charge in [0, 0.05) is 12.1 Å². The number of ether oxygens (including phenoxy) is 1. The van der Waals surface area contributed by atoms with E-state index in [1.165, 1.54) is 19.2 Å². The lowest BCUT2D eigenvalue weighted by molar-refractivity contribution is 0.199. The van der Waals surface area contributed by atoms with Crippen molar-refractivity contribution in [3.63, 3.8) is 0 Å². The molecule has 0 aliphatic carbocycles. The van der Waals surface area contributed by atoms with E-state index in [0.29, 0.717) is 5.56 Å². The maximum Gasteiger partial charge on any atom is 0.244 e. The van der Waals surface area contributed by atoms with Crippen LogP contribution in [-0.2, 0) is 16.6 Å². The summed E-state index contributed by atoms with van der Waals surface area (Å²) in [4.78, 5) is 1.97. The number of aliphatic hydroxyl groups excluding tert-OH is 1. The van der Waals surface area contributed by atoms with Crippen LogP contribution in [0.25, 0.3) is 0 Å². The molecular formula is C14H24N2O4S. The van der Waals surface area contributed by atoms with Gasteiger partial charge in [0.15, 0.2) is 0 Å². The predicted octanol–water partition coefficient (Wildman–Crippen LogP) is 0.806. The maximum absolute atomic E-state index is 12.5. The Bertz CT molecular complexity index is 583. The number of likely N-dealkylation sites (N-methyl/N-ethyl adjacent to an activating group) is 1. The van der Waals surface area contributed by atoms with Crippen LogP contribution < -0.4 is 9.46 Å². The van der Waals surface area contributed by atoms with Gasteiger partial charge in [0.05, 0.1) is 13.7 Å². The first kappa shape index (κ1) is 17.9. The van der Waals surface area contributed by atoms with Crippen molar-refractivity contribution in [1.29, 1.82) is 0 Å². The molecule has 120 valence electrons. The lowest BCUT2D eigenvalue weighted by Gasteiger charge is -2.32. The SMILES string of the molecule is COc1ccc(CO)cc1S(=O)(=O)NCC(C)(C)N(C)C. The third-order valence-corrected chi connectivity index (χ3v) is 5.03. The van der Waals surface area contributed by atoms with Gasteiger partial charge in [0.1, 0.15) is 10.6 Å². The number of sulfonamides is 1. The van der Waals surface area contributed by atoms with Crippen molar-refractivity contribution in [3.8, 4) is 5.75 Å². The molecule has 0 aromatic heterocycles. The Kier molecular flexibility index (Phi) is 5.75. The molecule has 2 N–H and O–H groups in total. The van der Waals surface area contributed by atoms with Crippen molar-refractivity contribution in [3.05, 3.63) is 23.8 Å².